The number of thioether (sulfide) groups is 1. The predicted molar refractivity (Wildman–Crippen MR) is 85.1 cm³/mol. The van der Waals surface area contributed by atoms with Crippen molar-refractivity contribution in [3.63, 3.8) is 0 Å². The largest absolute Gasteiger partial charge is 0.198 e. The van der Waals surface area contributed by atoms with E-state index in [2.05, 4.69) is 47.1 Å². The summed E-state index contributed by atoms with van der Waals surface area (Å²) in [6, 6.07) is 10.9. The highest BCUT2D eigenvalue weighted by atomic mass is 79.9. The summed E-state index contributed by atoms with van der Waals surface area (Å²) in [5.74, 6) is 1.04. The summed E-state index contributed by atoms with van der Waals surface area (Å²) in [7, 11) is 0. The van der Waals surface area contributed by atoms with Gasteiger partial charge >= 0.3 is 0 Å². The molecule has 1 nitrogen and oxygen atoms in total. The Labute approximate surface area is 128 Å². The normalized spacial score (nSPS) is 26.9. The second-order valence-corrected chi connectivity index (χ2v) is 7.55. The fraction of sp³-hybridized carbons (Fsp3) is 0.562. The van der Waals surface area contributed by atoms with Crippen LogP contribution in [-0.4, -0.2) is 5.25 Å². The van der Waals surface area contributed by atoms with Gasteiger partial charge in [-0.3, -0.25) is 0 Å². The van der Waals surface area contributed by atoms with Crippen molar-refractivity contribution in [2.75, 3.05) is 0 Å². The maximum atomic E-state index is 9.34. The third-order valence-electron chi connectivity index (χ3n) is 3.85. The number of hydrogen-bond donors (Lipinski definition) is 0. The van der Waals surface area contributed by atoms with E-state index in [1.165, 1.54) is 30.6 Å². The van der Waals surface area contributed by atoms with Crippen LogP contribution in [0.5, 0.6) is 0 Å². The minimum absolute atomic E-state index is 0.220. The Morgan fingerprint density at radius 1 is 1.42 bits per heavy atom. The van der Waals surface area contributed by atoms with Gasteiger partial charge in [-0.1, -0.05) is 41.8 Å². The van der Waals surface area contributed by atoms with Crippen LogP contribution in [0.1, 0.15) is 39.0 Å². The van der Waals surface area contributed by atoms with Crippen LogP contribution in [-0.2, 0) is 0 Å². The van der Waals surface area contributed by atoms with Crippen LogP contribution < -0.4 is 0 Å². The van der Waals surface area contributed by atoms with Crippen LogP contribution in [0.25, 0.3) is 0 Å². The molecule has 1 aromatic rings. The molecule has 0 aromatic heterocycles. The molecule has 1 aliphatic rings. The van der Waals surface area contributed by atoms with Crippen LogP contribution in [0.3, 0.4) is 0 Å². The second kappa shape index (κ2) is 7.36. The minimum Gasteiger partial charge on any atom is -0.198 e. The van der Waals surface area contributed by atoms with Gasteiger partial charge in [0.2, 0.25) is 0 Å². The molecule has 0 radical (unpaired) electrons. The van der Waals surface area contributed by atoms with Crippen molar-refractivity contribution in [2.24, 2.45) is 11.8 Å². The highest BCUT2D eigenvalue weighted by molar-refractivity contribution is 9.10. The molecule has 0 heterocycles. The van der Waals surface area contributed by atoms with Gasteiger partial charge in [-0.05, 0) is 43.4 Å². The fourth-order valence-corrected chi connectivity index (χ4v) is 4.86. The second-order valence-electron chi connectivity index (χ2n) is 5.32. The first-order chi connectivity index (χ1) is 9.22. The summed E-state index contributed by atoms with van der Waals surface area (Å²) in [6.07, 6.45) is 6.08. The number of nitrogens with zero attached hydrogens (tertiary/aromatic N) is 1. The van der Waals surface area contributed by atoms with Gasteiger partial charge in [0.25, 0.3) is 0 Å². The van der Waals surface area contributed by atoms with Gasteiger partial charge in [-0.15, -0.1) is 11.8 Å². The molecule has 1 aliphatic carbocycles. The Kier molecular flexibility index (Phi) is 5.78. The van der Waals surface area contributed by atoms with E-state index in [1.54, 1.807) is 0 Å². The molecule has 0 aliphatic heterocycles. The Morgan fingerprint density at radius 3 is 2.95 bits per heavy atom. The topological polar surface area (TPSA) is 23.8 Å². The molecule has 1 saturated carbocycles. The summed E-state index contributed by atoms with van der Waals surface area (Å²) in [6.45, 7) is 2.26. The summed E-state index contributed by atoms with van der Waals surface area (Å²) in [4.78, 5) is 1.27. The Morgan fingerprint density at radius 2 is 2.26 bits per heavy atom. The Bertz CT molecular complexity index is 454. The van der Waals surface area contributed by atoms with Gasteiger partial charge in [0.1, 0.15) is 0 Å². The standard InChI is InChI=1S/C16H20BrNS/c1-2-4-12-7-8-13(11-18)16(9-12)19-15-6-3-5-14(17)10-15/h3,5-6,10,12-13,16H,2,4,7-9H2,1H3. The molecule has 0 spiro atoms. The monoisotopic (exact) mass is 337 g/mol. The number of hydrogen-bond acceptors (Lipinski definition) is 2. The van der Waals surface area contributed by atoms with Crippen molar-refractivity contribution in [2.45, 2.75) is 49.2 Å². The van der Waals surface area contributed by atoms with E-state index in [1.807, 2.05) is 17.8 Å². The van der Waals surface area contributed by atoms with E-state index in [9.17, 15) is 5.26 Å². The van der Waals surface area contributed by atoms with Gasteiger partial charge < -0.3 is 0 Å². The third kappa shape index (κ3) is 4.26. The first kappa shape index (κ1) is 14.9. The lowest BCUT2D eigenvalue weighted by Crippen LogP contribution is -2.26. The third-order valence-corrected chi connectivity index (χ3v) is 5.69. The highest BCUT2D eigenvalue weighted by Crippen LogP contribution is 2.41. The maximum Gasteiger partial charge on any atom is 0.0667 e. The molecule has 3 atom stereocenters. The predicted octanol–water partition coefficient (Wildman–Crippen LogP) is 5.65. The van der Waals surface area contributed by atoms with E-state index in [4.69, 9.17) is 0 Å². The lowest BCUT2D eigenvalue weighted by Gasteiger charge is -2.32. The van der Waals surface area contributed by atoms with Crippen molar-refractivity contribution in [1.29, 1.82) is 5.26 Å². The molecule has 3 heteroatoms. The molecular weight excluding hydrogens is 318 g/mol. The lowest BCUT2D eigenvalue weighted by atomic mass is 9.80. The van der Waals surface area contributed by atoms with Gasteiger partial charge in [0.05, 0.1) is 12.0 Å². The zero-order chi connectivity index (χ0) is 13.7. The quantitative estimate of drug-likeness (QED) is 0.708. The van der Waals surface area contributed by atoms with Crippen LogP contribution in [0, 0.1) is 23.2 Å². The van der Waals surface area contributed by atoms with E-state index in [0.29, 0.717) is 5.25 Å². The molecule has 102 valence electrons. The molecule has 0 N–H and O–H groups in total. The maximum absolute atomic E-state index is 9.34. The summed E-state index contributed by atoms with van der Waals surface area (Å²) in [5, 5.41) is 9.80. The summed E-state index contributed by atoms with van der Waals surface area (Å²) >= 11 is 5.41. The molecule has 1 fully saturated rings. The minimum atomic E-state index is 0.220. The van der Waals surface area contributed by atoms with Gasteiger partial charge in [0, 0.05) is 14.6 Å². The summed E-state index contributed by atoms with van der Waals surface area (Å²) in [5.41, 5.74) is 0. The molecular formula is C16H20BrNS. The first-order valence-corrected chi connectivity index (χ1v) is 8.72. The SMILES string of the molecule is CCCC1CCC(C#N)C(Sc2cccc(Br)c2)C1. The van der Waals surface area contributed by atoms with Crippen LogP contribution in [0.4, 0.5) is 0 Å². The van der Waals surface area contributed by atoms with Crippen molar-refractivity contribution in [1.82, 2.24) is 0 Å². The van der Waals surface area contributed by atoms with Crippen molar-refractivity contribution >= 4 is 27.7 Å². The number of benzene rings is 1. The molecule has 2 rings (SSSR count). The number of rotatable bonds is 4. The highest BCUT2D eigenvalue weighted by Gasteiger charge is 2.30. The molecule has 0 amide bonds. The van der Waals surface area contributed by atoms with Gasteiger partial charge in [-0.2, -0.15) is 5.26 Å². The molecule has 1 aromatic carbocycles. The zero-order valence-corrected chi connectivity index (χ0v) is 13.7. The molecule has 3 unspecified atom stereocenters. The van der Waals surface area contributed by atoms with Gasteiger partial charge in [0.15, 0.2) is 0 Å². The van der Waals surface area contributed by atoms with Crippen molar-refractivity contribution in [3.05, 3.63) is 28.7 Å². The van der Waals surface area contributed by atoms with Crippen molar-refractivity contribution < 1.29 is 0 Å². The van der Waals surface area contributed by atoms with Crippen LogP contribution >= 0.6 is 27.7 Å². The smallest absolute Gasteiger partial charge is 0.0667 e. The van der Waals surface area contributed by atoms with Crippen LogP contribution in [0.2, 0.25) is 0 Å². The van der Waals surface area contributed by atoms with Gasteiger partial charge in [-0.25, -0.2) is 0 Å². The number of halogens is 1. The van der Waals surface area contributed by atoms with Crippen LogP contribution in [0.15, 0.2) is 33.6 Å². The molecule has 19 heavy (non-hydrogen) atoms. The average Bonchev–Trinajstić information content (AvgIpc) is 2.39. The fourth-order valence-electron chi connectivity index (χ4n) is 2.88. The molecule has 0 bridgehead atoms. The zero-order valence-electron chi connectivity index (χ0n) is 11.3. The molecule has 0 saturated heterocycles. The summed E-state index contributed by atoms with van der Waals surface area (Å²) < 4.78 is 1.12. The first-order valence-electron chi connectivity index (χ1n) is 7.04. The lowest BCUT2D eigenvalue weighted by molar-refractivity contribution is 0.307. The Hall–Kier alpha value is -0.460. The Balaban J connectivity index is 2.04. The number of nitriles is 1. The van der Waals surface area contributed by atoms with E-state index < -0.39 is 0 Å². The van der Waals surface area contributed by atoms with E-state index in [-0.39, 0.29) is 5.92 Å². The van der Waals surface area contributed by atoms with Crippen molar-refractivity contribution in [3.8, 4) is 6.07 Å². The van der Waals surface area contributed by atoms with E-state index in [0.717, 1.165) is 16.8 Å². The average molecular weight is 338 g/mol. The van der Waals surface area contributed by atoms with E-state index >= 15 is 0 Å².